The highest BCUT2D eigenvalue weighted by Crippen LogP contribution is 2.44. The average molecular weight is 268 g/mol. The van der Waals surface area contributed by atoms with Crippen LogP contribution >= 0.6 is 0 Å². The van der Waals surface area contributed by atoms with Gasteiger partial charge in [0.1, 0.15) is 6.61 Å². The van der Waals surface area contributed by atoms with Gasteiger partial charge < -0.3 is 4.74 Å². The number of carbonyl (C=O) groups excluding carboxylic acids is 1. The third kappa shape index (κ3) is 3.52. The summed E-state index contributed by atoms with van der Waals surface area (Å²) in [6.45, 7) is 1.92. The molecular formula is C15H18F2O2. The monoisotopic (exact) mass is 268 g/mol. The Bertz CT molecular complexity index is 433. The molecule has 0 aliphatic heterocycles. The van der Waals surface area contributed by atoms with Crippen molar-refractivity contribution in [1.82, 2.24) is 0 Å². The van der Waals surface area contributed by atoms with Gasteiger partial charge in [-0.25, -0.2) is 8.78 Å². The van der Waals surface area contributed by atoms with Crippen molar-refractivity contribution < 1.29 is 18.3 Å². The number of hydrogen-bond donors (Lipinski definition) is 0. The van der Waals surface area contributed by atoms with Gasteiger partial charge in [-0.2, -0.15) is 0 Å². The van der Waals surface area contributed by atoms with Crippen LogP contribution in [0.5, 0.6) is 0 Å². The Balaban J connectivity index is 1.90. The van der Waals surface area contributed by atoms with Crippen molar-refractivity contribution in [2.24, 2.45) is 5.41 Å². The maximum Gasteiger partial charge on any atom is 0.312 e. The van der Waals surface area contributed by atoms with E-state index in [1.54, 1.807) is 6.92 Å². The second-order valence-corrected chi connectivity index (χ2v) is 5.48. The van der Waals surface area contributed by atoms with Crippen LogP contribution in [0.4, 0.5) is 8.78 Å². The van der Waals surface area contributed by atoms with Crippen molar-refractivity contribution in [3.63, 3.8) is 0 Å². The topological polar surface area (TPSA) is 26.3 Å². The first kappa shape index (κ1) is 14.0. The Morgan fingerprint density at radius 1 is 1.16 bits per heavy atom. The molecule has 0 N–H and O–H groups in total. The molecule has 0 radical (unpaired) electrons. The second-order valence-electron chi connectivity index (χ2n) is 5.48. The van der Waals surface area contributed by atoms with Crippen LogP contribution in [0.3, 0.4) is 0 Å². The van der Waals surface area contributed by atoms with Crippen molar-refractivity contribution in [2.45, 2.75) is 45.1 Å². The summed E-state index contributed by atoms with van der Waals surface area (Å²) in [5.41, 5.74) is 0.136. The van der Waals surface area contributed by atoms with Gasteiger partial charge in [-0.15, -0.1) is 0 Å². The van der Waals surface area contributed by atoms with Crippen LogP contribution in [0.25, 0.3) is 0 Å². The molecule has 0 saturated heterocycles. The minimum absolute atomic E-state index is 0.188. The van der Waals surface area contributed by atoms with E-state index in [-0.39, 0.29) is 38.3 Å². The second kappa shape index (κ2) is 5.27. The Morgan fingerprint density at radius 2 is 1.74 bits per heavy atom. The minimum Gasteiger partial charge on any atom is -0.460 e. The van der Waals surface area contributed by atoms with E-state index in [4.69, 9.17) is 4.74 Å². The van der Waals surface area contributed by atoms with E-state index in [2.05, 4.69) is 0 Å². The maximum absolute atomic E-state index is 13.1. The number of rotatable bonds is 3. The van der Waals surface area contributed by atoms with E-state index >= 15 is 0 Å². The lowest BCUT2D eigenvalue weighted by Crippen LogP contribution is -2.38. The number of carbonyl (C=O) groups is 1. The van der Waals surface area contributed by atoms with Crippen molar-refractivity contribution in [3.8, 4) is 0 Å². The summed E-state index contributed by atoms with van der Waals surface area (Å²) < 4.78 is 31.5. The average Bonchev–Trinajstić information content (AvgIpc) is 2.41. The van der Waals surface area contributed by atoms with E-state index in [9.17, 15) is 13.6 Å². The van der Waals surface area contributed by atoms with Crippen LogP contribution in [0.2, 0.25) is 0 Å². The zero-order chi connectivity index (χ0) is 13.9. The third-order valence-corrected chi connectivity index (χ3v) is 3.79. The van der Waals surface area contributed by atoms with Gasteiger partial charge >= 0.3 is 5.97 Å². The molecule has 2 nitrogen and oxygen atoms in total. The van der Waals surface area contributed by atoms with Gasteiger partial charge in [0.2, 0.25) is 5.92 Å². The quantitative estimate of drug-likeness (QED) is 0.776. The fourth-order valence-corrected chi connectivity index (χ4v) is 2.27. The van der Waals surface area contributed by atoms with Gasteiger partial charge in [-0.3, -0.25) is 4.79 Å². The normalized spacial score (nSPS) is 20.8. The molecule has 2 rings (SSSR count). The molecule has 1 aliphatic carbocycles. The van der Waals surface area contributed by atoms with E-state index in [1.165, 1.54) is 0 Å². The van der Waals surface area contributed by atoms with Crippen molar-refractivity contribution in [1.29, 1.82) is 0 Å². The molecule has 1 aliphatic rings. The van der Waals surface area contributed by atoms with Crippen molar-refractivity contribution in [3.05, 3.63) is 35.9 Å². The zero-order valence-corrected chi connectivity index (χ0v) is 11.0. The van der Waals surface area contributed by atoms with E-state index in [0.29, 0.717) is 0 Å². The SMILES string of the molecule is CC1(C(=O)OCc2ccccc2)CCC(F)(F)CC1. The lowest BCUT2D eigenvalue weighted by atomic mass is 9.74. The van der Waals surface area contributed by atoms with Gasteiger partial charge in [0.05, 0.1) is 5.41 Å². The standard InChI is InChI=1S/C15H18F2O2/c1-14(7-9-15(16,17)10-8-14)13(18)19-11-12-5-3-2-4-6-12/h2-6H,7-11H2,1H3. The number of alkyl halides is 2. The number of ether oxygens (including phenoxy) is 1. The molecular weight excluding hydrogens is 250 g/mol. The molecule has 0 amide bonds. The van der Waals surface area contributed by atoms with Crippen LogP contribution in [-0.4, -0.2) is 11.9 Å². The molecule has 0 atom stereocenters. The van der Waals surface area contributed by atoms with E-state index < -0.39 is 11.3 Å². The third-order valence-electron chi connectivity index (χ3n) is 3.79. The Morgan fingerprint density at radius 3 is 2.32 bits per heavy atom. The summed E-state index contributed by atoms with van der Waals surface area (Å²) in [6.07, 6.45) is -0.0882. The van der Waals surface area contributed by atoms with Crippen LogP contribution < -0.4 is 0 Å². The van der Waals surface area contributed by atoms with Crippen molar-refractivity contribution >= 4 is 5.97 Å². The zero-order valence-electron chi connectivity index (χ0n) is 11.0. The first-order valence-corrected chi connectivity index (χ1v) is 6.50. The van der Waals surface area contributed by atoms with Crippen LogP contribution in [0.1, 0.15) is 38.2 Å². The molecule has 0 unspecified atom stereocenters. The largest absolute Gasteiger partial charge is 0.460 e. The van der Waals surface area contributed by atoms with Gasteiger partial charge in [-0.1, -0.05) is 30.3 Å². The molecule has 0 bridgehead atoms. The molecule has 104 valence electrons. The predicted octanol–water partition coefficient (Wildman–Crippen LogP) is 3.95. The first-order valence-electron chi connectivity index (χ1n) is 6.50. The van der Waals surface area contributed by atoms with Crippen LogP contribution in [0, 0.1) is 5.41 Å². The molecule has 4 heteroatoms. The van der Waals surface area contributed by atoms with Crippen molar-refractivity contribution in [2.75, 3.05) is 0 Å². The number of hydrogen-bond acceptors (Lipinski definition) is 2. The van der Waals surface area contributed by atoms with Gasteiger partial charge in [0, 0.05) is 12.8 Å². The fourth-order valence-electron chi connectivity index (χ4n) is 2.27. The Labute approximate surface area is 111 Å². The minimum atomic E-state index is -2.63. The summed E-state index contributed by atoms with van der Waals surface area (Å²) in [6, 6.07) is 9.35. The number of esters is 1. The summed E-state index contributed by atoms with van der Waals surface area (Å²) in [4.78, 5) is 12.0. The molecule has 1 aromatic rings. The maximum atomic E-state index is 13.1. The molecule has 0 spiro atoms. The summed E-state index contributed by atoms with van der Waals surface area (Å²) in [7, 11) is 0. The summed E-state index contributed by atoms with van der Waals surface area (Å²) in [5.74, 6) is -2.99. The fraction of sp³-hybridized carbons (Fsp3) is 0.533. The molecule has 0 heterocycles. The van der Waals surface area contributed by atoms with E-state index in [1.807, 2.05) is 30.3 Å². The smallest absolute Gasteiger partial charge is 0.312 e. The molecule has 1 aromatic carbocycles. The lowest BCUT2D eigenvalue weighted by Gasteiger charge is -2.35. The Kier molecular flexibility index (Phi) is 3.88. The summed E-state index contributed by atoms with van der Waals surface area (Å²) in [5, 5.41) is 0. The van der Waals surface area contributed by atoms with Crippen LogP contribution in [0.15, 0.2) is 30.3 Å². The van der Waals surface area contributed by atoms with Gasteiger partial charge in [0.15, 0.2) is 0 Å². The highest BCUT2D eigenvalue weighted by Gasteiger charge is 2.45. The highest BCUT2D eigenvalue weighted by atomic mass is 19.3. The molecule has 1 saturated carbocycles. The summed E-state index contributed by atoms with van der Waals surface area (Å²) >= 11 is 0. The molecule has 0 aromatic heterocycles. The van der Waals surface area contributed by atoms with Gasteiger partial charge in [0.25, 0.3) is 0 Å². The number of halogens is 2. The molecule has 1 fully saturated rings. The van der Waals surface area contributed by atoms with E-state index in [0.717, 1.165) is 5.56 Å². The molecule has 19 heavy (non-hydrogen) atoms. The lowest BCUT2D eigenvalue weighted by molar-refractivity contribution is -0.163. The first-order chi connectivity index (χ1) is 8.91. The van der Waals surface area contributed by atoms with Crippen LogP contribution in [-0.2, 0) is 16.1 Å². The predicted molar refractivity (Wildman–Crippen MR) is 67.8 cm³/mol. The van der Waals surface area contributed by atoms with Gasteiger partial charge in [-0.05, 0) is 25.3 Å². The highest BCUT2D eigenvalue weighted by molar-refractivity contribution is 5.76. The number of benzene rings is 1. The Hall–Kier alpha value is -1.45.